The van der Waals surface area contributed by atoms with Gasteiger partial charge in [-0.25, -0.2) is 4.79 Å². The smallest absolute Gasteiger partial charge is 0.424 e. The first-order chi connectivity index (χ1) is 12.8. The van der Waals surface area contributed by atoms with Crippen LogP contribution in [0.3, 0.4) is 0 Å². The second-order valence-electron chi connectivity index (χ2n) is 7.24. The third-order valence-corrected chi connectivity index (χ3v) is 3.73. The summed E-state index contributed by atoms with van der Waals surface area (Å²) < 4.78 is 5.39. The third kappa shape index (κ3) is 6.53. The quantitative estimate of drug-likeness (QED) is 0.273. The van der Waals surface area contributed by atoms with Crippen LogP contribution in [0.4, 0.5) is 4.79 Å². The molecule has 0 bridgehead atoms. The van der Waals surface area contributed by atoms with E-state index in [0.717, 1.165) is 12.0 Å². The normalized spacial score (nSPS) is 12.3. The fourth-order valence-electron chi connectivity index (χ4n) is 2.46. The molecule has 144 valence electrons. The van der Waals surface area contributed by atoms with Gasteiger partial charge >= 0.3 is 6.16 Å². The first kappa shape index (κ1) is 20.6. The van der Waals surface area contributed by atoms with Crippen LogP contribution in [0.2, 0.25) is 0 Å². The van der Waals surface area contributed by atoms with E-state index in [-0.39, 0.29) is 5.78 Å². The molecule has 0 spiro atoms. The lowest BCUT2D eigenvalue weighted by molar-refractivity contribution is -0.314. The van der Waals surface area contributed by atoms with Gasteiger partial charge in [-0.3, -0.25) is 9.68 Å². The van der Waals surface area contributed by atoms with E-state index in [1.807, 2.05) is 25.1 Å². The van der Waals surface area contributed by atoms with Crippen molar-refractivity contribution < 1.29 is 24.1 Å². The molecule has 2 aromatic rings. The highest BCUT2D eigenvalue weighted by Crippen LogP contribution is 2.25. The first-order valence-corrected chi connectivity index (χ1v) is 9.06. The van der Waals surface area contributed by atoms with Gasteiger partial charge < -0.3 is 4.74 Å². The molecule has 0 radical (unpaired) electrons. The van der Waals surface area contributed by atoms with Crippen molar-refractivity contribution in [1.29, 1.82) is 0 Å². The maximum Gasteiger partial charge on any atom is 0.541 e. The maximum absolute atomic E-state index is 12.5. The van der Waals surface area contributed by atoms with Crippen LogP contribution in [-0.4, -0.2) is 17.5 Å². The molecule has 2 rings (SSSR count). The lowest BCUT2D eigenvalue weighted by atomic mass is 9.99. The molecule has 0 aliphatic carbocycles. The summed E-state index contributed by atoms with van der Waals surface area (Å²) in [6.07, 6.45) is 0.110. The zero-order chi connectivity index (χ0) is 19.9. The van der Waals surface area contributed by atoms with E-state index in [1.165, 1.54) is 0 Å². The summed E-state index contributed by atoms with van der Waals surface area (Å²) in [5, 5.41) is 0. The molecule has 0 saturated heterocycles. The number of hydrogen-bond donors (Lipinski definition) is 0. The highest BCUT2D eigenvalue weighted by Gasteiger charge is 2.21. The van der Waals surface area contributed by atoms with Crippen molar-refractivity contribution in [3.63, 3.8) is 0 Å². The van der Waals surface area contributed by atoms with Gasteiger partial charge in [-0.05, 0) is 32.8 Å². The van der Waals surface area contributed by atoms with Crippen molar-refractivity contribution in [2.75, 3.05) is 0 Å². The van der Waals surface area contributed by atoms with Gasteiger partial charge in [0.2, 0.25) is 0 Å². The van der Waals surface area contributed by atoms with Gasteiger partial charge in [-0.2, -0.15) is 4.89 Å². The summed E-state index contributed by atoms with van der Waals surface area (Å²) in [7, 11) is 0. The van der Waals surface area contributed by atoms with Gasteiger partial charge in [0.15, 0.2) is 5.78 Å². The van der Waals surface area contributed by atoms with E-state index in [9.17, 15) is 9.59 Å². The molecule has 0 amide bonds. The van der Waals surface area contributed by atoms with Crippen molar-refractivity contribution in [1.82, 2.24) is 0 Å². The topological polar surface area (TPSA) is 61.8 Å². The van der Waals surface area contributed by atoms with Crippen LogP contribution in [-0.2, 0) is 14.5 Å². The number of ketones is 1. The van der Waals surface area contributed by atoms with Crippen LogP contribution in [0.15, 0.2) is 54.6 Å². The molecule has 0 N–H and O–H groups in total. The SMILES string of the molecule is CCCC(OC(=O)OOC(C)(C)C)c1ccc(C(=O)c2ccccc2)cc1. The molecule has 5 nitrogen and oxygen atoms in total. The number of carbonyl (C=O) groups is 2. The summed E-state index contributed by atoms with van der Waals surface area (Å²) in [6, 6.07) is 16.2. The molecule has 5 heteroatoms. The first-order valence-electron chi connectivity index (χ1n) is 9.06. The van der Waals surface area contributed by atoms with E-state index in [0.29, 0.717) is 17.5 Å². The Bertz CT molecular complexity index is 745. The van der Waals surface area contributed by atoms with Crippen molar-refractivity contribution in [3.05, 3.63) is 71.3 Å². The van der Waals surface area contributed by atoms with Crippen LogP contribution in [0.25, 0.3) is 0 Å². The van der Waals surface area contributed by atoms with Gasteiger partial charge in [-0.1, -0.05) is 67.9 Å². The molecule has 0 aliphatic rings. The zero-order valence-electron chi connectivity index (χ0n) is 16.2. The largest absolute Gasteiger partial charge is 0.541 e. The predicted octanol–water partition coefficient (Wildman–Crippen LogP) is 5.64. The minimum absolute atomic E-state index is 0.0481. The highest BCUT2D eigenvalue weighted by atomic mass is 17.2. The Hall–Kier alpha value is -2.66. The van der Waals surface area contributed by atoms with Crippen LogP contribution in [0.5, 0.6) is 0 Å². The summed E-state index contributed by atoms with van der Waals surface area (Å²) >= 11 is 0. The zero-order valence-corrected chi connectivity index (χ0v) is 16.2. The minimum Gasteiger partial charge on any atom is -0.424 e. The Kier molecular flexibility index (Phi) is 7.13. The number of hydrogen-bond acceptors (Lipinski definition) is 5. The molecule has 27 heavy (non-hydrogen) atoms. The van der Waals surface area contributed by atoms with E-state index < -0.39 is 17.9 Å². The Balaban J connectivity index is 2.07. The molecule has 2 aromatic carbocycles. The van der Waals surface area contributed by atoms with Crippen LogP contribution in [0, 0.1) is 0 Å². The van der Waals surface area contributed by atoms with E-state index in [1.54, 1.807) is 57.2 Å². The van der Waals surface area contributed by atoms with Crippen LogP contribution < -0.4 is 0 Å². The Morgan fingerprint density at radius 1 is 0.926 bits per heavy atom. The lowest BCUT2D eigenvalue weighted by Gasteiger charge is -2.20. The average Bonchev–Trinajstić information content (AvgIpc) is 2.66. The molecule has 0 aromatic heterocycles. The van der Waals surface area contributed by atoms with Crippen LogP contribution >= 0.6 is 0 Å². The summed E-state index contributed by atoms with van der Waals surface area (Å²) in [4.78, 5) is 34.1. The van der Waals surface area contributed by atoms with Gasteiger partial charge in [0.05, 0.1) is 0 Å². The predicted molar refractivity (Wildman–Crippen MR) is 102 cm³/mol. The van der Waals surface area contributed by atoms with Gasteiger partial charge in [0, 0.05) is 11.1 Å². The fourth-order valence-corrected chi connectivity index (χ4v) is 2.46. The van der Waals surface area contributed by atoms with Gasteiger partial charge in [0.1, 0.15) is 11.7 Å². The number of carbonyl (C=O) groups excluding carboxylic acids is 2. The molecular formula is C22H26O5. The fraction of sp³-hybridized carbons (Fsp3) is 0.364. The molecule has 1 unspecified atom stereocenters. The molecule has 0 fully saturated rings. The number of rotatable bonds is 7. The third-order valence-electron chi connectivity index (χ3n) is 3.73. The molecular weight excluding hydrogens is 344 g/mol. The number of benzene rings is 2. The Labute approximate surface area is 160 Å². The second-order valence-corrected chi connectivity index (χ2v) is 7.24. The summed E-state index contributed by atoms with van der Waals surface area (Å²) in [5.41, 5.74) is 1.40. The Morgan fingerprint density at radius 2 is 1.52 bits per heavy atom. The highest BCUT2D eigenvalue weighted by molar-refractivity contribution is 6.08. The summed E-state index contributed by atoms with van der Waals surface area (Å²) in [5.74, 6) is -0.0481. The van der Waals surface area contributed by atoms with E-state index in [2.05, 4.69) is 0 Å². The van der Waals surface area contributed by atoms with Crippen molar-refractivity contribution in [2.24, 2.45) is 0 Å². The molecule has 0 aliphatic heterocycles. The second kappa shape index (κ2) is 9.33. The van der Waals surface area contributed by atoms with Crippen molar-refractivity contribution in [3.8, 4) is 0 Å². The maximum atomic E-state index is 12.5. The van der Waals surface area contributed by atoms with Crippen molar-refractivity contribution in [2.45, 2.75) is 52.2 Å². The Morgan fingerprint density at radius 3 is 2.07 bits per heavy atom. The molecule has 0 saturated carbocycles. The molecule has 1 atom stereocenters. The van der Waals surface area contributed by atoms with E-state index >= 15 is 0 Å². The average molecular weight is 370 g/mol. The monoisotopic (exact) mass is 370 g/mol. The van der Waals surface area contributed by atoms with Gasteiger partial charge in [0.25, 0.3) is 0 Å². The van der Waals surface area contributed by atoms with Crippen molar-refractivity contribution >= 4 is 11.9 Å². The van der Waals surface area contributed by atoms with E-state index in [4.69, 9.17) is 14.5 Å². The number of ether oxygens (including phenoxy) is 1. The molecule has 0 heterocycles. The standard InChI is InChI=1S/C22H26O5/c1-5-9-19(25-21(24)26-27-22(2,3)4)16-12-14-18(15-13-16)20(23)17-10-7-6-8-11-17/h6-8,10-15,19H,5,9H2,1-4H3. The van der Waals surface area contributed by atoms with Crippen LogP contribution in [0.1, 0.15) is 68.1 Å². The van der Waals surface area contributed by atoms with Gasteiger partial charge in [-0.15, -0.1) is 0 Å². The summed E-state index contributed by atoms with van der Waals surface area (Å²) in [6.45, 7) is 7.31. The minimum atomic E-state index is -0.882. The lowest BCUT2D eigenvalue weighted by Crippen LogP contribution is -2.23.